The van der Waals surface area contributed by atoms with Crippen molar-refractivity contribution in [2.75, 3.05) is 7.05 Å². The summed E-state index contributed by atoms with van der Waals surface area (Å²) in [5.41, 5.74) is 1.81. The van der Waals surface area contributed by atoms with Gasteiger partial charge >= 0.3 is 0 Å². The van der Waals surface area contributed by atoms with Crippen LogP contribution in [0.25, 0.3) is 0 Å². The molecule has 0 aromatic carbocycles. The first-order valence-corrected chi connectivity index (χ1v) is 6.26. The number of aromatic nitrogens is 3. The fraction of sp³-hybridized carbons (Fsp3) is 0.273. The van der Waals surface area contributed by atoms with Crippen LogP contribution in [0.4, 0.5) is 0 Å². The van der Waals surface area contributed by atoms with E-state index in [4.69, 9.17) is 11.6 Å². The molecule has 6 heteroatoms. The summed E-state index contributed by atoms with van der Waals surface area (Å²) < 4.78 is 2.71. The molecule has 2 rings (SSSR count). The Kier molecular flexibility index (Phi) is 3.81. The fourth-order valence-corrected chi connectivity index (χ4v) is 2.24. The van der Waals surface area contributed by atoms with Crippen LogP contribution < -0.4 is 5.32 Å². The molecule has 1 atom stereocenters. The summed E-state index contributed by atoms with van der Waals surface area (Å²) in [6, 6.07) is 3.84. The van der Waals surface area contributed by atoms with E-state index in [0.717, 1.165) is 15.9 Å². The van der Waals surface area contributed by atoms with Gasteiger partial charge in [0.2, 0.25) is 0 Å². The van der Waals surface area contributed by atoms with Gasteiger partial charge in [0.25, 0.3) is 0 Å². The normalized spacial score (nSPS) is 12.7. The van der Waals surface area contributed by atoms with Crippen molar-refractivity contribution in [2.24, 2.45) is 7.05 Å². The highest BCUT2D eigenvalue weighted by atomic mass is 79.9. The monoisotopic (exact) mass is 314 g/mol. The quantitative estimate of drug-likeness (QED) is 0.946. The first kappa shape index (κ1) is 12.5. The fourth-order valence-electron chi connectivity index (χ4n) is 1.73. The topological polar surface area (TPSA) is 42.7 Å². The summed E-state index contributed by atoms with van der Waals surface area (Å²) in [7, 11) is 3.74. The van der Waals surface area contributed by atoms with Gasteiger partial charge in [-0.3, -0.25) is 9.67 Å². The van der Waals surface area contributed by atoms with E-state index in [1.165, 1.54) is 0 Å². The van der Waals surface area contributed by atoms with Gasteiger partial charge in [0.1, 0.15) is 0 Å². The molecule has 2 aromatic heterocycles. The number of hydrogen-bond acceptors (Lipinski definition) is 3. The van der Waals surface area contributed by atoms with E-state index in [1.54, 1.807) is 17.1 Å². The van der Waals surface area contributed by atoms with Crippen molar-refractivity contribution in [3.63, 3.8) is 0 Å². The molecule has 0 radical (unpaired) electrons. The summed E-state index contributed by atoms with van der Waals surface area (Å²) in [5.74, 6) is 0. The third-order valence-electron chi connectivity index (χ3n) is 2.55. The minimum absolute atomic E-state index is 0.0666. The molecule has 1 unspecified atom stereocenters. The summed E-state index contributed by atoms with van der Waals surface area (Å²) in [6.45, 7) is 0. The smallest absolute Gasteiger partial charge is 0.0934 e. The molecule has 2 heterocycles. The van der Waals surface area contributed by atoms with E-state index in [9.17, 15) is 0 Å². The molecule has 0 aliphatic rings. The first-order chi connectivity index (χ1) is 8.13. The van der Waals surface area contributed by atoms with Gasteiger partial charge in [-0.05, 0) is 35.1 Å². The van der Waals surface area contributed by atoms with Gasteiger partial charge in [-0.1, -0.05) is 11.6 Å². The largest absolute Gasteiger partial charge is 0.307 e. The Balaban J connectivity index is 2.43. The molecule has 90 valence electrons. The zero-order valence-corrected chi connectivity index (χ0v) is 11.8. The third kappa shape index (κ3) is 2.51. The molecular formula is C11H12BrClN4. The van der Waals surface area contributed by atoms with E-state index >= 15 is 0 Å². The number of aryl methyl sites for hydroxylation is 1. The Bertz CT molecular complexity index is 489. The second-order valence-electron chi connectivity index (χ2n) is 3.62. The van der Waals surface area contributed by atoms with Crippen molar-refractivity contribution in [2.45, 2.75) is 6.04 Å². The van der Waals surface area contributed by atoms with Gasteiger partial charge in [-0.25, -0.2) is 0 Å². The van der Waals surface area contributed by atoms with Crippen molar-refractivity contribution in [1.82, 2.24) is 20.1 Å². The predicted molar refractivity (Wildman–Crippen MR) is 71.1 cm³/mol. The van der Waals surface area contributed by atoms with Crippen LogP contribution in [0.3, 0.4) is 0 Å². The van der Waals surface area contributed by atoms with Gasteiger partial charge in [-0.15, -0.1) is 0 Å². The van der Waals surface area contributed by atoms with Crippen molar-refractivity contribution >= 4 is 27.5 Å². The Morgan fingerprint density at radius 1 is 1.41 bits per heavy atom. The van der Waals surface area contributed by atoms with E-state index in [0.29, 0.717) is 5.02 Å². The molecular weight excluding hydrogens is 304 g/mol. The molecule has 4 nitrogen and oxygen atoms in total. The highest BCUT2D eigenvalue weighted by Gasteiger charge is 2.20. The maximum Gasteiger partial charge on any atom is 0.0934 e. The second kappa shape index (κ2) is 5.16. The average molecular weight is 316 g/mol. The van der Waals surface area contributed by atoms with Crippen LogP contribution >= 0.6 is 27.5 Å². The molecule has 0 saturated carbocycles. The van der Waals surface area contributed by atoms with E-state index < -0.39 is 0 Å². The molecule has 2 aromatic rings. The van der Waals surface area contributed by atoms with Gasteiger partial charge in [-0.2, -0.15) is 5.10 Å². The summed E-state index contributed by atoms with van der Waals surface area (Å²) >= 11 is 9.51. The maximum absolute atomic E-state index is 6.14. The first-order valence-electron chi connectivity index (χ1n) is 5.09. The van der Waals surface area contributed by atoms with Crippen molar-refractivity contribution in [1.29, 1.82) is 0 Å². The molecule has 0 aliphatic heterocycles. The van der Waals surface area contributed by atoms with Crippen molar-refractivity contribution < 1.29 is 0 Å². The number of nitrogens with zero attached hydrogens (tertiary/aromatic N) is 3. The predicted octanol–water partition coefficient (Wildman–Crippen LogP) is 2.54. The number of pyridine rings is 1. The Hall–Kier alpha value is -0.910. The lowest BCUT2D eigenvalue weighted by molar-refractivity contribution is 0.594. The molecule has 0 amide bonds. The average Bonchev–Trinajstić information content (AvgIpc) is 2.64. The van der Waals surface area contributed by atoms with Gasteiger partial charge in [0, 0.05) is 17.7 Å². The van der Waals surface area contributed by atoms with Crippen LogP contribution in [0, 0.1) is 0 Å². The number of rotatable bonds is 3. The molecule has 0 bridgehead atoms. The Morgan fingerprint density at radius 2 is 2.18 bits per heavy atom. The van der Waals surface area contributed by atoms with Gasteiger partial charge in [0.05, 0.1) is 28.6 Å². The molecule has 0 fully saturated rings. The van der Waals surface area contributed by atoms with Crippen LogP contribution in [-0.2, 0) is 7.05 Å². The standard InChI is InChI=1S/C11H12BrClN4/c1-14-10(9-4-3-7(12)5-15-9)11-8(13)6-16-17(11)2/h3-6,10,14H,1-2H3. The molecule has 0 saturated heterocycles. The van der Waals surface area contributed by atoms with Gasteiger partial charge < -0.3 is 5.32 Å². The molecule has 0 aliphatic carbocycles. The zero-order valence-electron chi connectivity index (χ0n) is 9.48. The number of halogens is 2. The van der Waals surface area contributed by atoms with Crippen LogP contribution in [0.1, 0.15) is 17.4 Å². The Morgan fingerprint density at radius 3 is 2.65 bits per heavy atom. The van der Waals surface area contributed by atoms with E-state index in [1.807, 2.05) is 26.2 Å². The van der Waals surface area contributed by atoms with E-state index in [-0.39, 0.29) is 6.04 Å². The number of nitrogens with one attached hydrogen (secondary N) is 1. The lowest BCUT2D eigenvalue weighted by Gasteiger charge is -2.16. The number of hydrogen-bond donors (Lipinski definition) is 1. The minimum Gasteiger partial charge on any atom is -0.307 e. The summed E-state index contributed by atoms with van der Waals surface area (Å²) in [4.78, 5) is 4.38. The highest BCUT2D eigenvalue weighted by Crippen LogP contribution is 2.26. The van der Waals surface area contributed by atoms with Crippen molar-refractivity contribution in [3.8, 4) is 0 Å². The molecule has 17 heavy (non-hydrogen) atoms. The Labute approximate surface area is 113 Å². The zero-order chi connectivity index (χ0) is 12.4. The molecule has 1 N–H and O–H groups in total. The lowest BCUT2D eigenvalue weighted by Crippen LogP contribution is -2.22. The van der Waals surface area contributed by atoms with Crippen LogP contribution in [0.5, 0.6) is 0 Å². The van der Waals surface area contributed by atoms with Crippen molar-refractivity contribution in [3.05, 3.63) is 45.4 Å². The molecule has 0 spiro atoms. The van der Waals surface area contributed by atoms with Crippen LogP contribution in [-0.4, -0.2) is 21.8 Å². The van der Waals surface area contributed by atoms with Crippen LogP contribution in [0.15, 0.2) is 29.0 Å². The highest BCUT2D eigenvalue weighted by molar-refractivity contribution is 9.10. The third-order valence-corrected chi connectivity index (χ3v) is 3.31. The maximum atomic E-state index is 6.14. The summed E-state index contributed by atoms with van der Waals surface area (Å²) in [5, 5.41) is 7.97. The summed E-state index contributed by atoms with van der Waals surface area (Å²) in [6.07, 6.45) is 3.41. The van der Waals surface area contributed by atoms with Crippen LogP contribution in [0.2, 0.25) is 5.02 Å². The minimum atomic E-state index is -0.0666. The van der Waals surface area contributed by atoms with E-state index in [2.05, 4.69) is 31.3 Å². The SMILES string of the molecule is CNC(c1ccc(Br)cn1)c1c(Cl)cnn1C. The second-order valence-corrected chi connectivity index (χ2v) is 4.95. The lowest BCUT2D eigenvalue weighted by atomic mass is 10.1. The van der Waals surface area contributed by atoms with Gasteiger partial charge in [0.15, 0.2) is 0 Å².